The van der Waals surface area contributed by atoms with Crippen molar-refractivity contribution in [1.29, 1.82) is 0 Å². The first-order valence-corrected chi connectivity index (χ1v) is 6.78. The lowest BCUT2D eigenvalue weighted by Gasteiger charge is -2.34. The SMILES string of the molecule is CNC(=O)C1COCCN1C(=O)c1cccc(Br)c1. The lowest BCUT2D eigenvalue weighted by Crippen LogP contribution is -2.55. The summed E-state index contributed by atoms with van der Waals surface area (Å²) < 4.78 is 6.12. The monoisotopic (exact) mass is 326 g/mol. The Balaban J connectivity index is 2.22. The van der Waals surface area contributed by atoms with Crippen molar-refractivity contribution in [3.8, 4) is 0 Å². The fourth-order valence-electron chi connectivity index (χ4n) is 2.02. The number of hydrogen-bond donors (Lipinski definition) is 1. The van der Waals surface area contributed by atoms with Gasteiger partial charge in [0.15, 0.2) is 0 Å². The molecular weight excluding hydrogens is 312 g/mol. The van der Waals surface area contributed by atoms with Gasteiger partial charge < -0.3 is 15.0 Å². The minimum Gasteiger partial charge on any atom is -0.377 e. The van der Waals surface area contributed by atoms with E-state index < -0.39 is 6.04 Å². The number of nitrogens with zero attached hydrogens (tertiary/aromatic N) is 1. The molecule has 0 bridgehead atoms. The fourth-order valence-corrected chi connectivity index (χ4v) is 2.42. The molecule has 1 fully saturated rings. The number of hydrogen-bond acceptors (Lipinski definition) is 3. The molecule has 5 nitrogen and oxygen atoms in total. The number of morpholine rings is 1. The van der Waals surface area contributed by atoms with Crippen LogP contribution in [-0.4, -0.2) is 49.6 Å². The summed E-state index contributed by atoms with van der Waals surface area (Å²) in [5, 5.41) is 2.56. The predicted molar refractivity (Wildman–Crippen MR) is 73.9 cm³/mol. The molecule has 0 spiro atoms. The van der Waals surface area contributed by atoms with Crippen LogP contribution in [0, 0.1) is 0 Å². The van der Waals surface area contributed by atoms with Gasteiger partial charge in [-0.2, -0.15) is 0 Å². The van der Waals surface area contributed by atoms with E-state index in [9.17, 15) is 9.59 Å². The molecule has 1 aromatic rings. The van der Waals surface area contributed by atoms with E-state index in [-0.39, 0.29) is 18.4 Å². The Morgan fingerprint density at radius 1 is 1.47 bits per heavy atom. The van der Waals surface area contributed by atoms with Crippen molar-refractivity contribution in [2.24, 2.45) is 0 Å². The van der Waals surface area contributed by atoms with Gasteiger partial charge in [-0.3, -0.25) is 9.59 Å². The summed E-state index contributed by atoms with van der Waals surface area (Å²) in [7, 11) is 1.55. The predicted octanol–water partition coefficient (Wildman–Crippen LogP) is 1.04. The second-order valence-electron chi connectivity index (χ2n) is 4.21. The van der Waals surface area contributed by atoms with Crippen LogP contribution in [0.15, 0.2) is 28.7 Å². The highest BCUT2D eigenvalue weighted by atomic mass is 79.9. The number of ether oxygens (including phenoxy) is 1. The normalized spacial score (nSPS) is 19.1. The molecule has 19 heavy (non-hydrogen) atoms. The summed E-state index contributed by atoms with van der Waals surface area (Å²) >= 11 is 3.34. The molecule has 0 radical (unpaired) electrons. The molecule has 0 saturated carbocycles. The van der Waals surface area contributed by atoms with Crippen LogP contribution in [0.4, 0.5) is 0 Å². The molecule has 1 aromatic carbocycles. The first kappa shape index (κ1) is 14.0. The Labute approximate surface area is 120 Å². The zero-order chi connectivity index (χ0) is 13.8. The van der Waals surface area contributed by atoms with E-state index in [1.54, 1.807) is 30.1 Å². The van der Waals surface area contributed by atoms with Crippen molar-refractivity contribution in [1.82, 2.24) is 10.2 Å². The van der Waals surface area contributed by atoms with Gasteiger partial charge in [-0.15, -0.1) is 0 Å². The maximum atomic E-state index is 12.5. The molecule has 1 atom stereocenters. The number of benzene rings is 1. The van der Waals surface area contributed by atoms with Gasteiger partial charge in [0.2, 0.25) is 5.91 Å². The topological polar surface area (TPSA) is 58.6 Å². The van der Waals surface area contributed by atoms with E-state index >= 15 is 0 Å². The number of rotatable bonds is 2. The average Bonchev–Trinajstić information content (AvgIpc) is 2.45. The van der Waals surface area contributed by atoms with Gasteiger partial charge in [0, 0.05) is 23.6 Å². The summed E-state index contributed by atoms with van der Waals surface area (Å²) in [5.41, 5.74) is 0.560. The standard InChI is InChI=1S/C13H15BrN2O3/c1-15-12(17)11-8-19-6-5-16(11)13(18)9-3-2-4-10(14)7-9/h2-4,7,11H,5-6,8H2,1H3,(H,15,17). The van der Waals surface area contributed by atoms with E-state index in [2.05, 4.69) is 21.2 Å². The summed E-state index contributed by atoms with van der Waals surface area (Å²) in [5.74, 6) is -0.360. The molecule has 1 N–H and O–H groups in total. The molecule has 2 amide bonds. The molecule has 0 aromatic heterocycles. The molecule has 1 aliphatic heterocycles. The molecule has 0 aliphatic carbocycles. The average molecular weight is 327 g/mol. The van der Waals surface area contributed by atoms with Crippen LogP contribution < -0.4 is 5.32 Å². The molecule has 1 unspecified atom stereocenters. The lowest BCUT2D eigenvalue weighted by molar-refractivity contribution is -0.130. The number of amides is 2. The smallest absolute Gasteiger partial charge is 0.254 e. The summed E-state index contributed by atoms with van der Waals surface area (Å²) in [6.07, 6.45) is 0. The van der Waals surface area contributed by atoms with Crippen molar-refractivity contribution in [2.75, 3.05) is 26.8 Å². The molecule has 1 heterocycles. The second kappa shape index (κ2) is 6.16. The molecule has 102 valence electrons. The van der Waals surface area contributed by atoms with Gasteiger partial charge in [-0.25, -0.2) is 0 Å². The third-order valence-electron chi connectivity index (χ3n) is 3.01. The Hall–Kier alpha value is -1.40. The van der Waals surface area contributed by atoms with E-state index in [1.165, 1.54) is 0 Å². The van der Waals surface area contributed by atoms with E-state index in [4.69, 9.17) is 4.74 Å². The molecule has 1 aliphatic rings. The molecular formula is C13H15BrN2O3. The van der Waals surface area contributed by atoms with Gasteiger partial charge in [0.25, 0.3) is 5.91 Å². The van der Waals surface area contributed by atoms with Crippen molar-refractivity contribution in [2.45, 2.75) is 6.04 Å². The van der Waals surface area contributed by atoms with Crippen molar-refractivity contribution < 1.29 is 14.3 Å². The molecule has 1 saturated heterocycles. The van der Waals surface area contributed by atoms with Crippen LogP contribution in [-0.2, 0) is 9.53 Å². The first-order valence-electron chi connectivity index (χ1n) is 5.99. The van der Waals surface area contributed by atoms with E-state index in [0.717, 1.165) is 4.47 Å². The number of carbonyl (C=O) groups is 2. The van der Waals surface area contributed by atoms with Gasteiger partial charge >= 0.3 is 0 Å². The minimum absolute atomic E-state index is 0.154. The van der Waals surface area contributed by atoms with Crippen molar-refractivity contribution >= 4 is 27.7 Å². The minimum atomic E-state index is -0.565. The molecule has 2 rings (SSSR count). The highest BCUT2D eigenvalue weighted by molar-refractivity contribution is 9.10. The van der Waals surface area contributed by atoms with Crippen LogP contribution >= 0.6 is 15.9 Å². The summed E-state index contributed by atoms with van der Waals surface area (Å²) in [4.78, 5) is 25.8. The number of halogens is 1. The number of carbonyl (C=O) groups excluding carboxylic acids is 2. The number of likely N-dealkylation sites (N-methyl/N-ethyl adjacent to an activating group) is 1. The second-order valence-corrected chi connectivity index (χ2v) is 5.13. The Bertz CT molecular complexity index is 493. The van der Waals surface area contributed by atoms with Crippen LogP contribution in [0.1, 0.15) is 10.4 Å². The largest absolute Gasteiger partial charge is 0.377 e. The van der Waals surface area contributed by atoms with Gasteiger partial charge in [0.05, 0.1) is 13.2 Å². The highest BCUT2D eigenvalue weighted by Gasteiger charge is 2.32. The maximum Gasteiger partial charge on any atom is 0.254 e. The lowest BCUT2D eigenvalue weighted by atomic mass is 10.1. The molecule has 6 heteroatoms. The van der Waals surface area contributed by atoms with E-state index in [1.807, 2.05) is 6.07 Å². The van der Waals surface area contributed by atoms with Gasteiger partial charge in [-0.05, 0) is 18.2 Å². The van der Waals surface area contributed by atoms with Crippen LogP contribution in [0.5, 0.6) is 0 Å². The highest BCUT2D eigenvalue weighted by Crippen LogP contribution is 2.16. The van der Waals surface area contributed by atoms with Crippen LogP contribution in [0.2, 0.25) is 0 Å². The zero-order valence-electron chi connectivity index (χ0n) is 10.6. The third kappa shape index (κ3) is 3.13. The maximum absolute atomic E-state index is 12.5. The quantitative estimate of drug-likeness (QED) is 0.883. The van der Waals surface area contributed by atoms with Gasteiger partial charge in [0.1, 0.15) is 6.04 Å². The summed E-state index contributed by atoms with van der Waals surface area (Å²) in [6, 6.07) is 6.58. The fraction of sp³-hybridized carbons (Fsp3) is 0.385. The zero-order valence-corrected chi connectivity index (χ0v) is 12.1. The Kier molecular flexibility index (Phi) is 4.55. The summed E-state index contributed by atoms with van der Waals surface area (Å²) in [6.45, 7) is 1.11. The van der Waals surface area contributed by atoms with Crippen LogP contribution in [0.25, 0.3) is 0 Å². The Morgan fingerprint density at radius 3 is 2.95 bits per heavy atom. The van der Waals surface area contributed by atoms with Crippen molar-refractivity contribution in [3.63, 3.8) is 0 Å². The Morgan fingerprint density at radius 2 is 2.26 bits per heavy atom. The van der Waals surface area contributed by atoms with Crippen LogP contribution in [0.3, 0.4) is 0 Å². The third-order valence-corrected chi connectivity index (χ3v) is 3.50. The first-order chi connectivity index (χ1) is 9.13. The van der Waals surface area contributed by atoms with Crippen molar-refractivity contribution in [3.05, 3.63) is 34.3 Å². The van der Waals surface area contributed by atoms with Gasteiger partial charge in [-0.1, -0.05) is 22.0 Å². The number of nitrogens with one attached hydrogen (secondary N) is 1. The van der Waals surface area contributed by atoms with E-state index in [0.29, 0.717) is 18.7 Å².